The second kappa shape index (κ2) is 4.94. The van der Waals surface area contributed by atoms with Crippen LogP contribution in [0.1, 0.15) is 11.3 Å². The van der Waals surface area contributed by atoms with Crippen LogP contribution in [0.25, 0.3) is 11.3 Å². The lowest BCUT2D eigenvalue weighted by atomic mass is 10.0. The van der Waals surface area contributed by atoms with E-state index in [0.29, 0.717) is 6.42 Å². The fourth-order valence-electron chi connectivity index (χ4n) is 2.06. The maximum Gasteiger partial charge on any atom is 0.125 e. The van der Waals surface area contributed by atoms with Crippen molar-refractivity contribution in [1.82, 2.24) is 15.4 Å². The smallest absolute Gasteiger partial charge is 0.125 e. The standard InChI is InChI=1S/C15H13N3O/c19-14-9-5-4-8-12(14)15-13(16-18-17-15)10-11-6-2-1-3-7-11/h1-9,19H,10H2,(H,16,17,18). The van der Waals surface area contributed by atoms with Crippen LogP contribution in [-0.2, 0) is 6.42 Å². The monoisotopic (exact) mass is 251 g/mol. The van der Waals surface area contributed by atoms with Gasteiger partial charge in [-0.15, -0.1) is 5.10 Å². The van der Waals surface area contributed by atoms with Crippen LogP contribution in [0.3, 0.4) is 0 Å². The first-order valence-corrected chi connectivity index (χ1v) is 6.07. The minimum Gasteiger partial charge on any atom is -0.507 e. The summed E-state index contributed by atoms with van der Waals surface area (Å²) in [5.41, 5.74) is 3.47. The molecule has 0 aliphatic rings. The van der Waals surface area contributed by atoms with Crippen LogP contribution < -0.4 is 0 Å². The SMILES string of the molecule is Oc1ccccc1-c1[nH]nnc1Cc1ccccc1. The molecule has 1 heterocycles. The van der Waals surface area contributed by atoms with Crippen LogP contribution >= 0.6 is 0 Å². The van der Waals surface area contributed by atoms with Gasteiger partial charge in [0, 0.05) is 12.0 Å². The van der Waals surface area contributed by atoms with Gasteiger partial charge in [0.05, 0.1) is 11.4 Å². The number of aromatic amines is 1. The van der Waals surface area contributed by atoms with Gasteiger partial charge in [-0.3, -0.25) is 5.10 Å². The van der Waals surface area contributed by atoms with E-state index in [2.05, 4.69) is 15.4 Å². The van der Waals surface area contributed by atoms with E-state index in [9.17, 15) is 5.11 Å². The van der Waals surface area contributed by atoms with Gasteiger partial charge in [-0.05, 0) is 17.7 Å². The highest BCUT2D eigenvalue weighted by molar-refractivity contribution is 5.68. The number of para-hydroxylation sites is 1. The molecule has 0 saturated heterocycles. The number of benzene rings is 2. The molecule has 0 aliphatic carbocycles. The van der Waals surface area contributed by atoms with Crippen molar-refractivity contribution in [3.05, 3.63) is 65.9 Å². The van der Waals surface area contributed by atoms with E-state index in [1.165, 1.54) is 0 Å². The molecule has 2 N–H and O–H groups in total. The Morgan fingerprint density at radius 1 is 0.947 bits per heavy atom. The summed E-state index contributed by atoms with van der Waals surface area (Å²) in [6, 6.07) is 17.2. The summed E-state index contributed by atoms with van der Waals surface area (Å²) < 4.78 is 0. The van der Waals surface area contributed by atoms with E-state index in [0.717, 1.165) is 22.5 Å². The van der Waals surface area contributed by atoms with Crippen molar-refractivity contribution in [2.75, 3.05) is 0 Å². The van der Waals surface area contributed by atoms with Gasteiger partial charge in [-0.1, -0.05) is 47.7 Å². The van der Waals surface area contributed by atoms with Crippen LogP contribution in [0.4, 0.5) is 0 Å². The predicted molar refractivity (Wildman–Crippen MR) is 72.7 cm³/mol. The number of H-pyrrole nitrogens is 1. The molecule has 4 heteroatoms. The van der Waals surface area contributed by atoms with Crippen LogP contribution in [0.15, 0.2) is 54.6 Å². The Bertz CT molecular complexity index is 677. The zero-order chi connectivity index (χ0) is 13.1. The minimum absolute atomic E-state index is 0.225. The van der Waals surface area contributed by atoms with Crippen molar-refractivity contribution >= 4 is 0 Å². The number of nitrogens with zero attached hydrogens (tertiary/aromatic N) is 2. The molecule has 0 unspecified atom stereocenters. The molecule has 2 aromatic carbocycles. The third-order valence-electron chi connectivity index (χ3n) is 3.01. The summed E-state index contributed by atoms with van der Waals surface area (Å²) in [6.45, 7) is 0. The number of aromatic hydroxyl groups is 1. The zero-order valence-electron chi connectivity index (χ0n) is 10.2. The van der Waals surface area contributed by atoms with Crippen LogP contribution in [0, 0.1) is 0 Å². The van der Waals surface area contributed by atoms with Crippen molar-refractivity contribution < 1.29 is 5.11 Å². The average Bonchev–Trinajstić information content (AvgIpc) is 2.88. The lowest BCUT2D eigenvalue weighted by molar-refractivity contribution is 0.477. The minimum atomic E-state index is 0.225. The second-order valence-electron chi connectivity index (χ2n) is 4.31. The van der Waals surface area contributed by atoms with Gasteiger partial charge in [0.25, 0.3) is 0 Å². The van der Waals surface area contributed by atoms with E-state index < -0.39 is 0 Å². The molecule has 0 amide bonds. The average molecular weight is 251 g/mol. The Labute approximate surface area is 110 Å². The molecule has 19 heavy (non-hydrogen) atoms. The molecule has 0 radical (unpaired) electrons. The van der Waals surface area contributed by atoms with Gasteiger partial charge in [-0.2, -0.15) is 0 Å². The largest absolute Gasteiger partial charge is 0.507 e. The van der Waals surface area contributed by atoms with Crippen LogP contribution in [0.2, 0.25) is 0 Å². The molecular formula is C15H13N3O. The summed E-state index contributed by atoms with van der Waals surface area (Å²) in [4.78, 5) is 0. The van der Waals surface area contributed by atoms with Crippen LogP contribution in [-0.4, -0.2) is 20.5 Å². The summed E-state index contributed by atoms with van der Waals surface area (Å²) in [6.07, 6.45) is 0.682. The molecular weight excluding hydrogens is 238 g/mol. The molecule has 0 saturated carbocycles. The highest BCUT2D eigenvalue weighted by atomic mass is 16.3. The Hall–Kier alpha value is -2.62. The van der Waals surface area contributed by atoms with E-state index >= 15 is 0 Å². The van der Waals surface area contributed by atoms with E-state index in [1.807, 2.05) is 42.5 Å². The fraction of sp³-hybridized carbons (Fsp3) is 0.0667. The topological polar surface area (TPSA) is 61.8 Å². The second-order valence-corrected chi connectivity index (χ2v) is 4.31. The van der Waals surface area contributed by atoms with Gasteiger partial charge >= 0.3 is 0 Å². The van der Waals surface area contributed by atoms with Gasteiger partial charge in [0.2, 0.25) is 0 Å². The van der Waals surface area contributed by atoms with Gasteiger partial charge < -0.3 is 5.11 Å². The van der Waals surface area contributed by atoms with Gasteiger partial charge in [0.15, 0.2) is 0 Å². The van der Waals surface area contributed by atoms with E-state index in [1.54, 1.807) is 12.1 Å². The Morgan fingerprint density at radius 3 is 2.47 bits per heavy atom. The third-order valence-corrected chi connectivity index (χ3v) is 3.01. The molecule has 3 aromatic rings. The summed E-state index contributed by atoms with van der Waals surface area (Å²) in [7, 11) is 0. The molecule has 94 valence electrons. The maximum atomic E-state index is 9.90. The number of hydrogen-bond acceptors (Lipinski definition) is 3. The van der Waals surface area contributed by atoms with E-state index in [4.69, 9.17) is 0 Å². The Balaban J connectivity index is 1.98. The van der Waals surface area contributed by atoms with Crippen molar-refractivity contribution in [3.8, 4) is 17.0 Å². The number of aromatic nitrogens is 3. The normalized spacial score (nSPS) is 10.5. The number of phenols is 1. The summed E-state index contributed by atoms with van der Waals surface area (Å²) in [5.74, 6) is 0.225. The summed E-state index contributed by atoms with van der Waals surface area (Å²) >= 11 is 0. The lowest BCUT2D eigenvalue weighted by Crippen LogP contribution is -1.92. The number of rotatable bonds is 3. The first-order chi connectivity index (χ1) is 9.34. The van der Waals surface area contributed by atoms with Crippen molar-refractivity contribution in [2.24, 2.45) is 0 Å². The maximum absolute atomic E-state index is 9.90. The highest BCUT2D eigenvalue weighted by Gasteiger charge is 2.12. The first kappa shape index (κ1) is 11.5. The van der Waals surface area contributed by atoms with Crippen molar-refractivity contribution in [1.29, 1.82) is 0 Å². The molecule has 0 aliphatic heterocycles. The molecule has 0 spiro atoms. The van der Waals surface area contributed by atoms with Crippen LogP contribution in [0.5, 0.6) is 5.75 Å². The fourth-order valence-corrected chi connectivity index (χ4v) is 2.06. The van der Waals surface area contributed by atoms with Gasteiger partial charge in [0.1, 0.15) is 5.75 Å². The van der Waals surface area contributed by atoms with E-state index in [-0.39, 0.29) is 5.75 Å². The third kappa shape index (κ3) is 2.33. The van der Waals surface area contributed by atoms with Crippen molar-refractivity contribution in [2.45, 2.75) is 6.42 Å². The Morgan fingerprint density at radius 2 is 1.68 bits per heavy atom. The number of hydrogen-bond donors (Lipinski definition) is 2. The number of phenolic OH excluding ortho intramolecular Hbond substituents is 1. The van der Waals surface area contributed by atoms with Crippen molar-refractivity contribution in [3.63, 3.8) is 0 Å². The zero-order valence-corrected chi connectivity index (χ0v) is 10.2. The van der Waals surface area contributed by atoms with Gasteiger partial charge in [-0.25, -0.2) is 0 Å². The molecule has 4 nitrogen and oxygen atoms in total. The number of nitrogens with one attached hydrogen (secondary N) is 1. The lowest BCUT2D eigenvalue weighted by Gasteiger charge is -2.04. The molecule has 0 fully saturated rings. The quantitative estimate of drug-likeness (QED) is 0.752. The summed E-state index contributed by atoms with van der Waals surface area (Å²) in [5, 5.41) is 20.7. The molecule has 0 atom stereocenters. The molecule has 3 rings (SSSR count). The Kier molecular flexibility index (Phi) is 2.98. The molecule has 0 bridgehead atoms. The molecule has 1 aromatic heterocycles. The highest BCUT2D eigenvalue weighted by Crippen LogP contribution is 2.29. The first-order valence-electron chi connectivity index (χ1n) is 6.07. The predicted octanol–water partition coefficient (Wildman–Crippen LogP) is 2.77.